The van der Waals surface area contributed by atoms with E-state index in [2.05, 4.69) is 32.9 Å². The smallest absolute Gasteiger partial charge is 0.0927 e. The average molecular weight is 190 g/mol. The third-order valence-corrected chi connectivity index (χ3v) is 3.76. The molecule has 1 saturated carbocycles. The monoisotopic (exact) mass is 190 g/mol. The lowest BCUT2D eigenvalue weighted by atomic mass is 9.60. The molecule has 2 rings (SSSR count). The molecule has 0 bridgehead atoms. The van der Waals surface area contributed by atoms with Gasteiger partial charge in [-0.1, -0.05) is 43.7 Å². The number of rotatable bonds is 1. The Kier molecular flexibility index (Phi) is 2.15. The molecule has 1 nitrogen and oxygen atoms in total. The highest BCUT2D eigenvalue weighted by molar-refractivity contribution is 5.30. The second-order valence-corrected chi connectivity index (χ2v) is 4.76. The molecule has 0 spiro atoms. The Morgan fingerprint density at radius 1 is 1.36 bits per heavy atom. The number of hydrogen-bond donors (Lipinski definition) is 1. The van der Waals surface area contributed by atoms with E-state index in [0.29, 0.717) is 11.8 Å². The van der Waals surface area contributed by atoms with Gasteiger partial charge in [0.25, 0.3) is 0 Å². The zero-order valence-corrected chi connectivity index (χ0v) is 9.12. The van der Waals surface area contributed by atoms with Gasteiger partial charge in [0.1, 0.15) is 0 Å². The molecule has 0 amide bonds. The molecule has 1 fully saturated rings. The van der Waals surface area contributed by atoms with E-state index in [0.717, 1.165) is 12.0 Å². The van der Waals surface area contributed by atoms with Gasteiger partial charge in [0, 0.05) is 0 Å². The van der Waals surface area contributed by atoms with Crippen LogP contribution < -0.4 is 0 Å². The van der Waals surface area contributed by atoms with Crippen LogP contribution in [0.2, 0.25) is 0 Å². The van der Waals surface area contributed by atoms with Crippen molar-refractivity contribution in [3.63, 3.8) is 0 Å². The third-order valence-electron chi connectivity index (χ3n) is 3.76. The summed E-state index contributed by atoms with van der Waals surface area (Å²) in [5.74, 6) is 1.02. The molecule has 76 valence electrons. The molecule has 1 heteroatoms. The van der Waals surface area contributed by atoms with Crippen molar-refractivity contribution in [2.75, 3.05) is 0 Å². The van der Waals surface area contributed by atoms with Crippen LogP contribution in [-0.2, 0) is 5.60 Å². The summed E-state index contributed by atoms with van der Waals surface area (Å²) in [6, 6.07) is 8.23. The highest BCUT2D eigenvalue weighted by Crippen LogP contribution is 2.50. The molecule has 1 aromatic carbocycles. The minimum Gasteiger partial charge on any atom is -0.385 e. The third kappa shape index (κ3) is 1.27. The molecular formula is C13H18O. The maximum absolute atomic E-state index is 10.4. The number of aryl methyl sites for hydroxylation is 1. The first-order valence-corrected chi connectivity index (χ1v) is 5.33. The van der Waals surface area contributed by atoms with Gasteiger partial charge >= 0.3 is 0 Å². The van der Waals surface area contributed by atoms with Crippen molar-refractivity contribution >= 4 is 0 Å². The van der Waals surface area contributed by atoms with Crippen molar-refractivity contribution in [2.24, 2.45) is 11.8 Å². The van der Waals surface area contributed by atoms with Crippen LogP contribution in [0.3, 0.4) is 0 Å². The molecule has 3 atom stereocenters. The van der Waals surface area contributed by atoms with Crippen molar-refractivity contribution in [1.29, 1.82) is 0 Å². The van der Waals surface area contributed by atoms with E-state index < -0.39 is 5.60 Å². The van der Waals surface area contributed by atoms with Crippen LogP contribution in [0.1, 0.15) is 31.4 Å². The largest absolute Gasteiger partial charge is 0.385 e. The summed E-state index contributed by atoms with van der Waals surface area (Å²) in [4.78, 5) is 0. The van der Waals surface area contributed by atoms with Crippen molar-refractivity contribution in [1.82, 2.24) is 0 Å². The topological polar surface area (TPSA) is 20.2 Å². The van der Waals surface area contributed by atoms with Crippen molar-refractivity contribution in [3.05, 3.63) is 35.4 Å². The SMILES string of the molecule is Cc1cccc(C2(O)CC(C)C2C)c1. The van der Waals surface area contributed by atoms with Crippen LogP contribution in [0.25, 0.3) is 0 Å². The highest BCUT2D eigenvalue weighted by Gasteiger charge is 2.48. The van der Waals surface area contributed by atoms with E-state index in [9.17, 15) is 5.11 Å². The lowest BCUT2D eigenvalue weighted by molar-refractivity contribution is -0.132. The summed E-state index contributed by atoms with van der Waals surface area (Å²) in [6.45, 7) is 6.41. The second-order valence-electron chi connectivity index (χ2n) is 4.76. The van der Waals surface area contributed by atoms with Crippen molar-refractivity contribution < 1.29 is 5.11 Å². The summed E-state index contributed by atoms with van der Waals surface area (Å²) >= 11 is 0. The zero-order chi connectivity index (χ0) is 10.3. The van der Waals surface area contributed by atoms with Gasteiger partial charge in [0.2, 0.25) is 0 Å². The highest BCUT2D eigenvalue weighted by atomic mass is 16.3. The summed E-state index contributed by atoms with van der Waals surface area (Å²) in [5, 5.41) is 10.4. The number of hydrogen-bond acceptors (Lipinski definition) is 1. The first kappa shape index (κ1) is 9.72. The molecule has 0 radical (unpaired) electrons. The van der Waals surface area contributed by atoms with Gasteiger partial charge < -0.3 is 5.11 Å². The van der Waals surface area contributed by atoms with Crippen molar-refractivity contribution in [2.45, 2.75) is 32.8 Å². The van der Waals surface area contributed by atoms with E-state index in [1.807, 2.05) is 12.1 Å². The fourth-order valence-corrected chi connectivity index (χ4v) is 2.46. The van der Waals surface area contributed by atoms with Crippen LogP contribution in [0.5, 0.6) is 0 Å². The molecule has 1 aromatic rings. The maximum atomic E-state index is 10.4. The molecule has 1 aliphatic carbocycles. The van der Waals surface area contributed by atoms with E-state index in [-0.39, 0.29) is 0 Å². The van der Waals surface area contributed by atoms with E-state index in [1.54, 1.807) is 0 Å². The quantitative estimate of drug-likeness (QED) is 0.722. The molecule has 1 N–H and O–H groups in total. The van der Waals surface area contributed by atoms with Crippen LogP contribution in [-0.4, -0.2) is 5.11 Å². The predicted molar refractivity (Wildman–Crippen MR) is 58.0 cm³/mol. The number of aliphatic hydroxyl groups is 1. The van der Waals surface area contributed by atoms with Gasteiger partial charge in [0.05, 0.1) is 5.60 Å². The lowest BCUT2D eigenvalue weighted by Gasteiger charge is -2.49. The number of benzene rings is 1. The minimum atomic E-state index is -0.564. The first-order valence-electron chi connectivity index (χ1n) is 5.33. The van der Waals surface area contributed by atoms with Gasteiger partial charge in [-0.25, -0.2) is 0 Å². The van der Waals surface area contributed by atoms with Gasteiger partial charge in [-0.15, -0.1) is 0 Å². The van der Waals surface area contributed by atoms with Crippen LogP contribution in [0, 0.1) is 18.8 Å². The summed E-state index contributed by atoms with van der Waals surface area (Å²) in [6.07, 6.45) is 0.900. The maximum Gasteiger partial charge on any atom is 0.0927 e. The fraction of sp³-hybridized carbons (Fsp3) is 0.538. The predicted octanol–water partition coefficient (Wildman–Crippen LogP) is 2.86. The Balaban J connectivity index is 2.32. The molecule has 0 heterocycles. The Hall–Kier alpha value is -0.820. The summed E-state index contributed by atoms with van der Waals surface area (Å²) in [7, 11) is 0. The second kappa shape index (κ2) is 3.09. The van der Waals surface area contributed by atoms with Gasteiger partial charge in [0.15, 0.2) is 0 Å². The molecule has 14 heavy (non-hydrogen) atoms. The Labute approximate surface area is 85.8 Å². The molecular weight excluding hydrogens is 172 g/mol. The molecule has 3 unspecified atom stereocenters. The standard InChI is InChI=1S/C13H18O/c1-9-5-4-6-12(7-9)13(14)8-10(2)11(13)3/h4-7,10-11,14H,8H2,1-3H3. The van der Waals surface area contributed by atoms with E-state index in [1.165, 1.54) is 5.56 Å². The van der Waals surface area contributed by atoms with Crippen LogP contribution >= 0.6 is 0 Å². The lowest BCUT2D eigenvalue weighted by Crippen LogP contribution is -2.48. The molecule has 0 aromatic heterocycles. The molecule has 1 aliphatic rings. The van der Waals surface area contributed by atoms with Gasteiger partial charge in [-0.3, -0.25) is 0 Å². The normalized spacial score (nSPS) is 36.6. The zero-order valence-electron chi connectivity index (χ0n) is 9.12. The van der Waals surface area contributed by atoms with Crippen LogP contribution in [0.15, 0.2) is 24.3 Å². The van der Waals surface area contributed by atoms with Gasteiger partial charge in [-0.2, -0.15) is 0 Å². The Bertz CT molecular complexity index is 345. The molecule has 0 aliphatic heterocycles. The van der Waals surface area contributed by atoms with Gasteiger partial charge in [-0.05, 0) is 30.7 Å². The van der Waals surface area contributed by atoms with Crippen molar-refractivity contribution in [3.8, 4) is 0 Å². The summed E-state index contributed by atoms with van der Waals surface area (Å²) < 4.78 is 0. The summed E-state index contributed by atoms with van der Waals surface area (Å²) in [5.41, 5.74) is 1.75. The van der Waals surface area contributed by atoms with E-state index in [4.69, 9.17) is 0 Å². The molecule has 0 saturated heterocycles. The fourth-order valence-electron chi connectivity index (χ4n) is 2.46. The minimum absolute atomic E-state index is 0.379. The Morgan fingerprint density at radius 3 is 2.57 bits per heavy atom. The van der Waals surface area contributed by atoms with Crippen LogP contribution in [0.4, 0.5) is 0 Å². The Morgan fingerprint density at radius 2 is 2.07 bits per heavy atom. The first-order chi connectivity index (χ1) is 6.54. The average Bonchev–Trinajstić information content (AvgIpc) is 2.17. The van der Waals surface area contributed by atoms with E-state index >= 15 is 0 Å².